The lowest BCUT2D eigenvalue weighted by Gasteiger charge is -2.09. The van der Waals surface area contributed by atoms with E-state index < -0.39 is 0 Å². The van der Waals surface area contributed by atoms with Crippen LogP contribution in [0.3, 0.4) is 0 Å². The summed E-state index contributed by atoms with van der Waals surface area (Å²) < 4.78 is 0. The fourth-order valence-electron chi connectivity index (χ4n) is 1.84. The maximum Gasteiger partial charge on any atom is 0.0415 e. The van der Waals surface area contributed by atoms with Crippen molar-refractivity contribution in [3.63, 3.8) is 0 Å². The Kier molecular flexibility index (Phi) is 3.55. The smallest absolute Gasteiger partial charge is 0.0415 e. The number of pyridine rings is 2. The molecule has 0 aliphatic carbocycles. The minimum Gasteiger partial charge on any atom is -0.355 e. The van der Waals surface area contributed by atoms with Gasteiger partial charge in [-0.1, -0.05) is 0 Å². The van der Waals surface area contributed by atoms with Crippen molar-refractivity contribution in [1.82, 2.24) is 9.97 Å². The van der Waals surface area contributed by atoms with Crippen molar-refractivity contribution in [3.8, 4) is 0 Å². The SMILES string of the molecule is c1cc(Nc2ccc(Nc3ccncc3)cc2)ccn1. The first-order chi connectivity index (χ1) is 9.90. The predicted octanol–water partition coefficient (Wildman–Crippen LogP) is 3.96. The summed E-state index contributed by atoms with van der Waals surface area (Å²) in [4.78, 5) is 7.99. The molecule has 0 aliphatic rings. The van der Waals surface area contributed by atoms with E-state index in [1.807, 2.05) is 48.5 Å². The Balaban J connectivity index is 1.69. The summed E-state index contributed by atoms with van der Waals surface area (Å²) in [7, 11) is 0. The van der Waals surface area contributed by atoms with Crippen molar-refractivity contribution in [2.45, 2.75) is 0 Å². The molecule has 0 saturated carbocycles. The summed E-state index contributed by atoms with van der Waals surface area (Å²) in [5.74, 6) is 0. The van der Waals surface area contributed by atoms with Crippen molar-refractivity contribution in [2.75, 3.05) is 10.6 Å². The van der Waals surface area contributed by atoms with Crippen LogP contribution in [0, 0.1) is 0 Å². The van der Waals surface area contributed by atoms with Gasteiger partial charge in [0.1, 0.15) is 0 Å². The van der Waals surface area contributed by atoms with E-state index in [4.69, 9.17) is 0 Å². The monoisotopic (exact) mass is 262 g/mol. The van der Waals surface area contributed by atoms with E-state index >= 15 is 0 Å². The number of aromatic nitrogens is 2. The molecule has 3 rings (SSSR count). The van der Waals surface area contributed by atoms with E-state index in [9.17, 15) is 0 Å². The van der Waals surface area contributed by atoms with Gasteiger partial charge in [0.15, 0.2) is 0 Å². The lowest BCUT2D eigenvalue weighted by molar-refractivity contribution is 1.32. The number of hydrogen-bond donors (Lipinski definition) is 2. The average Bonchev–Trinajstić information content (AvgIpc) is 2.51. The van der Waals surface area contributed by atoms with Gasteiger partial charge in [-0.3, -0.25) is 9.97 Å². The molecule has 0 saturated heterocycles. The molecule has 98 valence electrons. The van der Waals surface area contributed by atoms with Crippen LogP contribution in [-0.2, 0) is 0 Å². The molecule has 4 nitrogen and oxygen atoms in total. The van der Waals surface area contributed by atoms with Crippen molar-refractivity contribution < 1.29 is 0 Å². The molecule has 0 unspecified atom stereocenters. The highest BCUT2D eigenvalue weighted by Crippen LogP contribution is 2.20. The second-order valence-corrected chi connectivity index (χ2v) is 4.30. The molecule has 0 fully saturated rings. The van der Waals surface area contributed by atoms with Crippen LogP contribution in [-0.4, -0.2) is 9.97 Å². The third kappa shape index (κ3) is 3.11. The average molecular weight is 262 g/mol. The topological polar surface area (TPSA) is 49.8 Å². The van der Waals surface area contributed by atoms with Crippen LogP contribution in [0.2, 0.25) is 0 Å². The van der Waals surface area contributed by atoms with E-state index in [2.05, 4.69) is 20.6 Å². The lowest BCUT2D eigenvalue weighted by Crippen LogP contribution is -1.92. The molecule has 0 spiro atoms. The molecule has 2 heterocycles. The van der Waals surface area contributed by atoms with Crippen LogP contribution in [0.4, 0.5) is 22.7 Å². The van der Waals surface area contributed by atoms with Gasteiger partial charge in [-0.25, -0.2) is 0 Å². The number of nitrogens with zero attached hydrogens (tertiary/aromatic N) is 2. The van der Waals surface area contributed by atoms with E-state index in [-0.39, 0.29) is 0 Å². The molecular formula is C16H14N4. The highest BCUT2D eigenvalue weighted by atomic mass is 14.9. The molecule has 0 amide bonds. The Morgan fingerprint density at radius 1 is 0.450 bits per heavy atom. The number of nitrogens with one attached hydrogen (secondary N) is 2. The molecule has 2 aromatic heterocycles. The summed E-state index contributed by atoms with van der Waals surface area (Å²) in [5, 5.41) is 6.63. The lowest BCUT2D eigenvalue weighted by atomic mass is 10.2. The van der Waals surface area contributed by atoms with Gasteiger partial charge in [0.05, 0.1) is 0 Å². The largest absolute Gasteiger partial charge is 0.355 e. The Bertz CT molecular complexity index is 591. The number of rotatable bonds is 4. The minimum atomic E-state index is 1.02. The number of hydrogen-bond acceptors (Lipinski definition) is 4. The Morgan fingerprint density at radius 2 is 0.750 bits per heavy atom. The first-order valence-corrected chi connectivity index (χ1v) is 6.34. The molecule has 0 radical (unpaired) electrons. The summed E-state index contributed by atoms with van der Waals surface area (Å²) >= 11 is 0. The third-order valence-corrected chi connectivity index (χ3v) is 2.82. The second kappa shape index (κ2) is 5.84. The Hall–Kier alpha value is -2.88. The highest BCUT2D eigenvalue weighted by molar-refractivity contribution is 5.65. The third-order valence-electron chi connectivity index (χ3n) is 2.82. The highest BCUT2D eigenvalue weighted by Gasteiger charge is 1.96. The standard InChI is InChI=1S/C16H14N4/c1-2-14(20-16-7-11-18-12-8-16)4-3-13(1)19-15-5-9-17-10-6-15/h1-12H,(H,17,19)(H,18,20). The zero-order valence-electron chi connectivity index (χ0n) is 10.8. The summed E-state index contributed by atoms with van der Waals surface area (Å²) in [6.07, 6.45) is 7.06. The van der Waals surface area contributed by atoms with Gasteiger partial charge >= 0.3 is 0 Å². The van der Waals surface area contributed by atoms with Crippen LogP contribution in [0.25, 0.3) is 0 Å². The van der Waals surface area contributed by atoms with Crippen LogP contribution >= 0.6 is 0 Å². The maximum atomic E-state index is 3.99. The van der Waals surface area contributed by atoms with Crippen molar-refractivity contribution in [2.24, 2.45) is 0 Å². The normalized spacial score (nSPS) is 10.0. The molecule has 20 heavy (non-hydrogen) atoms. The summed E-state index contributed by atoms with van der Waals surface area (Å²) in [6, 6.07) is 15.9. The van der Waals surface area contributed by atoms with Gasteiger partial charge in [-0.2, -0.15) is 0 Å². The van der Waals surface area contributed by atoms with Gasteiger partial charge < -0.3 is 10.6 Å². The molecular weight excluding hydrogens is 248 g/mol. The van der Waals surface area contributed by atoms with Gasteiger partial charge in [0.25, 0.3) is 0 Å². The van der Waals surface area contributed by atoms with Crippen LogP contribution in [0.15, 0.2) is 73.3 Å². The molecule has 0 aliphatic heterocycles. The Labute approximate surface area is 117 Å². The van der Waals surface area contributed by atoms with Gasteiger partial charge in [-0.05, 0) is 48.5 Å². The molecule has 1 aromatic carbocycles. The summed E-state index contributed by atoms with van der Waals surface area (Å²) in [6.45, 7) is 0. The summed E-state index contributed by atoms with van der Waals surface area (Å²) in [5.41, 5.74) is 4.12. The Morgan fingerprint density at radius 3 is 1.10 bits per heavy atom. The molecule has 3 aromatic rings. The van der Waals surface area contributed by atoms with E-state index in [0.29, 0.717) is 0 Å². The number of benzene rings is 1. The van der Waals surface area contributed by atoms with Gasteiger partial charge in [0.2, 0.25) is 0 Å². The fourth-order valence-corrected chi connectivity index (χ4v) is 1.84. The van der Waals surface area contributed by atoms with Crippen molar-refractivity contribution in [1.29, 1.82) is 0 Å². The van der Waals surface area contributed by atoms with E-state index in [1.165, 1.54) is 0 Å². The van der Waals surface area contributed by atoms with Crippen LogP contribution in [0.5, 0.6) is 0 Å². The first kappa shape index (κ1) is 12.2. The minimum absolute atomic E-state index is 1.02. The number of anilines is 4. The second-order valence-electron chi connectivity index (χ2n) is 4.30. The van der Waals surface area contributed by atoms with E-state index in [1.54, 1.807) is 24.8 Å². The van der Waals surface area contributed by atoms with Crippen LogP contribution in [0.1, 0.15) is 0 Å². The first-order valence-electron chi connectivity index (χ1n) is 6.34. The quantitative estimate of drug-likeness (QED) is 0.747. The zero-order chi connectivity index (χ0) is 13.6. The van der Waals surface area contributed by atoms with Crippen molar-refractivity contribution >= 4 is 22.7 Å². The maximum absolute atomic E-state index is 3.99. The fraction of sp³-hybridized carbons (Fsp3) is 0. The zero-order valence-corrected chi connectivity index (χ0v) is 10.8. The van der Waals surface area contributed by atoms with Gasteiger partial charge in [0, 0.05) is 47.5 Å². The van der Waals surface area contributed by atoms with Crippen molar-refractivity contribution in [3.05, 3.63) is 73.3 Å². The predicted molar refractivity (Wildman–Crippen MR) is 81.5 cm³/mol. The van der Waals surface area contributed by atoms with Gasteiger partial charge in [-0.15, -0.1) is 0 Å². The molecule has 0 atom stereocenters. The molecule has 4 heteroatoms. The van der Waals surface area contributed by atoms with E-state index in [0.717, 1.165) is 22.7 Å². The molecule has 0 bridgehead atoms. The molecule has 2 N–H and O–H groups in total. The van der Waals surface area contributed by atoms with Crippen LogP contribution < -0.4 is 10.6 Å².